The third-order valence-corrected chi connectivity index (χ3v) is 5.59. The Labute approximate surface area is 200 Å². The molecule has 0 bridgehead atoms. The van der Waals surface area contributed by atoms with E-state index in [1.807, 2.05) is 0 Å². The Morgan fingerprint density at radius 2 is 1.52 bits per heavy atom. The molecule has 31 heavy (non-hydrogen) atoms. The lowest BCUT2D eigenvalue weighted by Crippen LogP contribution is -1.87. The van der Waals surface area contributed by atoms with Crippen LogP contribution in [0.15, 0.2) is 59.0 Å². The number of carbonyl (C=O) groups excluding carboxylic acids is 1. The Kier molecular flexibility index (Phi) is 7.41. The van der Waals surface area contributed by atoms with Gasteiger partial charge in [-0.05, 0) is 54.1 Å². The van der Waals surface area contributed by atoms with Crippen molar-refractivity contribution in [2.75, 3.05) is 0 Å². The summed E-state index contributed by atoms with van der Waals surface area (Å²) in [5.41, 5.74) is 1.85. The number of halogens is 5. The molecule has 3 aromatic carbocycles. The van der Waals surface area contributed by atoms with Gasteiger partial charge in [0.25, 0.3) is 10.9 Å². The number of nitrogens with zero attached hydrogens (tertiary/aromatic N) is 2. The van der Waals surface area contributed by atoms with E-state index in [-0.39, 0.29) is 5.69 Å². The van der Waals surface area contributed by atoms with Crippen LogP contribution >= 0.6 is 58.0 Å². The van der Waals surface area contributed by atoms with Crippen LogP contribution in [0, 0.1) is 10.1 Å². The predicted molar refractivity (Wildman–Crippen MR) is 123 cm³/mol. The van der Waals surface area contributed by atoms with E-state index >= 15 is 0 Å². The van der Waals surface area contributed by atoms with Crippen molar-refractivity contribution in [3.05, 3.63) is 90.4 Å². The highest BCUT2D eigenvalue weighted by Crippen LogP contribution is 2.31. The van der Waals surface area contributed by atoms with Crippen LogP contribution in [0.25, 0.3) is 22.6 Å². The summed E-state index contributed by atoms with van der Waals surface area (Å²) < 4.78 is 5.55. The van der Waals surface area contributed by atoms with Gasteiger partial charge in [0.05, 0.1) is 25.0 Å². The van der Waals surface area contributed by atoms with Crippen molar-refractivity contribution in [1.82, 2.24) is 4.98 Å². The van der Waals surface area contributed by atoms with E-state index in [9.17, 15) is 14.9 Å². The number of nitro groups is 1. The Balaban J connectivity index is 0.000000210. The highest BCUT2D eigenvalue weighted by Gasteiger charge is 2.13. The van der Waals surface area contributed by atoms with Crippen LogP contribution in [0.4, 0.5) is 5.69 Å². The third-order valence-electron chi connectivity index (χ3n) is 3.90. The Hall–Kier alpha value is -2.35. The quantitative estimate of drug-likeness (QED) is 0.155. The molecule has 4 aromatic rings. The maximum atomic E-state index is 10.7. The average Bonchev–Trinajstić information content (AvgIpc) is 3.15. The van der Waals surface area contributed by atoms with Crippen LogP contribution < -0.4 is 0 Å². The Bertz CT molecular complexity index is 1310. The first-order valence-corrected chi connectivity index (χ1v) is 10.2. The molecule has 0 spiro atoms. The smallest absolute Gasteiger partial charge is 0.271 e. The van der Waals surface area contributed by atoms with E-state index in [2.05, 4.69) is 4.98 Å². The molecule has 0 saturated heterocycles. The molecule has 0 unspecified atom stereocenters. The van der Waals surface area contributed by atoms with E-state index in [4.69, 9.17) is 62.4 Å². The molecule has 0 saturated carbocycles. The van der Waals surface area contributed by atoms with E-state index in [0.29, 0.717) is 48.2 Å². The van der Waals surface area contributed by atoms with Gasteiger partial charge in [0, 0.05) is 23.3 Å². The van der Waals surface area contributed by atoms with Gasteiger partial charge in [0.2, 0.25) is 5.89 Å². The predicted octanol–water partition coefficient (Wildman–Crippen LogP) is 8.08. The molecule has 0 aliphatic heterocycles. The maximum Gasteiger partial charge on any atom is 0.271 e. The molecule has 0 fully saturated rings. The standard InChI is InChI=1S/C13H6Cl2N2O3.C7H3Cl3O/c14-9-3-1-7(5-10(9)15)13-16-11-6-8(17(18)19)2-4-12(11)20-13;8-5-2-1-4(7(10)11)3-6(5)9/h1-6H;1-3H. The first-order chi connectivity index (χ1) is 14.7. The van der Waals surface area contributed by atoms with Crippen molar-refractivity contribution in [3.63, 3.8) is 0 Å². The van der Waals surface area contributed by atoms with Gasteiger partial charge in [-0.1, -0.05) is 46.4 Å². The first kappa shape index (κ1) is 23.3. The summed E-state index contributed by atoms with van der Waals surface area (Å²) in [6, 6.07) is 13.7. The molecule has 0 radical (unpaired) electrons. The zero-order chi connectivity index (χ0) is 22.7. The summed E-state index contributed by atoms with van der Waals surface area (Å²) in [6.45, 7) is 0. The fourth-order valence-electron chi connectivity index (χ4n) is 2.40. The third kappa shape index (κ3) is 5.67. The van der Waals surface area contributed by atoms with Crippen LogP contribution in [0.1, 0.15) is 10.4 Å². The highest BCUT2D eigenvalue weighted by molar-refractivity contribution is 6.67. The van der Waals surface area contributed by atoms with Crippen molar-refractivity contribution in [2.45, 2.75) is 0 Å². The number of hydrogen-bond donors (Lipinski definition) is 0. The number of aromatic nitrogens is 1. The lowest BCUT2D eigenvalue weighted by Gasteiger charge is -1.97. The summed E-state index contributed by atoms with van der Waals surface area (Å²) in [5, 5.41) is 11.7. The zero-order valence-corrected chi connectivity index (χ0v) is 18.9. The van der Waals surface area contributed by atoms with Crippen LogP contribution in [0.5, 0.6) is 0 Å². The largest absolute Gasteiger partial charge is 0.436 e. The fourth-order valence-corrected chi connectivity index (χ4v) is 3.11. The van der Waals surface area contributed by atoms with E-state index in [1.54, 1.807) is 18.2 Å². The van der Waals surface area contributed by atoms with Gasteiger partial charge in [-0.2, -0.15) is 0 Å². The summed E-state index contributed by atoms with van der Waals surface area (Å²) in [7, 11) is 0. The number of fused-ring (bicyclic) bond motifs is 1. The molecule has 0 aliphatic rings. The SMILES string of the molecule is O=C(Cl)c1ccc(Cl)c(Cl)c1.O=[N+]([O-])c1ccc2oc(-c3ccc(Cl)c(Cl)c3)nc2c1. The minimum Gasteiger partial charge on any atom is -0.436 e. The van der Waals surface area contributed by atoms with Gasteiger partial charge in [-0.15, -0.1) is 0 Å². The molecule has 1 heterocycles. The molecule has 0 amide bonds. The van der Waals surface area contributed by atoms with E-state index in [1.165, 1.54) is 36.4 Å². The molecular formula is C20H9Cl5N2O4. The minimum absolute atomic E-state index is 0.0357. The van der Waals surface area contributed by atoms with Crippen molar-refractivity contribution in [2.24, 2.45) is 0 Å². The second-order valence-electron chi connectivity index (χ2n) is 5.96. The molecule has 6 nitrogen and oxygen atoms in total. The highest BCUT2D eigenvalue weighted by atomic mass is 35.5. The normalized spacial score (nSPS) is 10.5. The van der Waals surface area contributed by atoms with Crippen LogP contribution in [-0.4, -0.2) is 15.1 Å². The molecular weight excluding hydrogens is 509 g/mol. The second kappa shape index (κ2) is 9.85. The molecule has 0 aliphatic carbocycles. The monoisotopic (exact) mass is 516 g/mol. The fraction of sp³-hybridized carbons (Fsp3) is 0. The first-order valence-electron chi connectivity index (χ1n) is 8.31. The number of nitro benzene ring substituents is 1. The topological polar surface area (TPSA) is 86.2 Å². The van der Waals surface area contributed by atoms with E-state index < -0.39 is 10.2 Å². The lowest BCUT2D eigenvalue weighted by molar-refractivity contribution is -0.384. The van der Waals surface area contributed by atoms with Crippen molar-refractivity contribution < 1.29 is 14.1 Å². The number of non-ortho nitro benzene ring substituents is 1. The molecule has 4 rings (SSSR count). The molecule has 1 aromatic heterocycles. The zero-order valence-electron chi connectivity index (χ0n) is 15.1. The maximum absolute atomic E-state index is 10.7. The second-order valence-corrected chi connectivity index (χ2v) is 7.93. The number of oxazole rings is 1. The van der Waals surface area contributed by atoms with Crippen LogP contribution in [-0.2, 0) is 0 Å². The van der Waals surface area contributed by atoms with Crippen molar-refractivity contribution in [1.29, 1.82) is 0 Å². The molecule has 0 N–H and O–H groups in total. The average molecular weight is 519 g/mol. The van der Waals surface area contributed by atoms with Gasteiger partial charge < -0.3 is 4.42 Å². The number of carbonyl (C=O) groups is 1. The molecule has 11 heteroatoms. The van der Waals surface area contributed by atoms with Gasteiger partial charge in [-0.3, -0.25) is 14.9 Å². The number of benzene rings is 3. The summed E-state index contributed by atoms with van der Waals surface area (Å²) in [6.07, 6.45) is 0. The van der Waals surface area contributed by atoms with Gasteiger partial charge >= 0.3 is 0 Å². The number of rotatable bonds is 3. The Morgan fingerprint density at radius 3 is 2.10 bits per heavy atom. The lowest BCUT2D eigenvalue weighted by atomic mass is 10.2. The molecule has 158 valence electrons. The minimum atomic E-state index is -0.538. The van der Waals surface area contributed by atoms with Crippen molar-refractivity contribution in [3.8, 4) is 11.5 Å². The summed E-state index contributed by atoms with van der Waals surface area (Å²) in [5.74, 6) is 0.332. The summed E-state index contributed by atoms with van der Waals surface area (Å²) in [4.78, 5) is 25.0. The van der Waals surface area contributed by atoms with Crippen LogP contribution in [0.3, 0.4) is 0 Å². The van der Waals surface area contributed by atoms with E-state index in [0.717, 1.165) is 0 Å². The van der Waals surface area contributed by atoms with Crippen molar-refractivity contribution >= 4 is 80.0 Å². The summed E-state index contributed by atoms with van der Waals surface area (Å²) >= 11 is 28.2. The molecule has 0 atom stereocenters. The Morgan fingerprint density at radius 1 is 0.871 bits per heavy atom. The van der Waals surface area contributed by atoms with Gasteiger partial charge in [-0.25, -0.2) is 4.98 Å². The number of hydrogen-bond acceptors (Lipinski definition) is 5. The van der Waals surface area contributed by atoms with Gasteiger partial charge in [0.15, 0.2) is 5.58 Å². The van der Waals surface area contributed by atoms with Crippen LogP contribution in [0.2, 0.25) is 20.1 Å². The van der Waals surface area contributed by atoms with Gasteiger partial charge in [0.1, 0.15) is 5.52 Å².